The van der Waals surface area contributed by atoms with E-state index in [9.17, 15) is 8.42 Å². The zero-order valence-corrected chi connectivity index (χ0v) is 12.7. The summed E-state index contributed by atoms with van der Waals surface area (Å²) in [4.78, 5) is 7.95. The lowest BCUT2D eigenvalue weighted by atomic mass is 10.2. The number of anilines is 1. The zero-order chi connectivity index (χ0) is 15.3. The average Bonchev–Trinajstić information content (AvgIpc) is 2.92. The van der Waals surface area contributed by atoms with Gasteiger partial charge < -0.3 is 9.73 Å². The summed E-state index contributed by atoms with van der Waals surface area (Å²) in [5.41, 5.74) is 0. The van der Waals surface area contributed by atoms with Gasteiger partial charge in [0, 0.05) is 19.0 Å². The minimum Gasteiger partial charge on any atom is -0.469 e. The van der Waals surface area contributed by atoms with Crippen molar-refractivity contribution in [3.63, 3.8) is 0 Å². The van der Waals surface area contributed by atoms with E-state index in [2.05, 4.69) is 20.0 Å². The first kappa shape index (κ1) is 15.5. The van der Waals surface area contributed by atoms with Gasteiger partial charge in [-0.2, -0.15) is 0 Å². The maximum Gasteiger partial charge on any atom is 0.243 e. The van der Waals surface area contributed by atoms with Gasteiger partial charge in [0.25, 0.3) is 0 Å². The molecule has 1 unspecified atom stereocenters. The number of nitrogens with one attached hydrogen (secondary N) is 2. The van der Waals surface area contributed by atoms with Crippen molar-refractivity contribution in [2.75, 3.05) is 11.9 Å². The molecule has 21 heavy (non-hydrogen) atoms. The molecule has 2 aromatic heterocycles. The molecule has 2 aromatic rings. The van der Waals surface area contributed by atoms with Crippen LogP contribution in [0, 0.1) is 0 Å². The van der Waals surface area contributed by atoms with Gasteiger partial charge in [-0.15, -0.1) is 0 Å². The molecule has 0 saturated heterocycles. The standard InChI is InChI=1S/C13H18N4O3S/c1-3-14-13-15-8-12(9-16-13)21(18,19)17-10(2)7-11-5-4-6-20-11/h4-6,8-10,17H,3,7H2,1-2H3,(H,14,15,16). The summed E-state index contributed by atoms with van der Waals surface area (Å²) in [7, 11) is -3.64. The molecule has 0 aliphatic rings. The predicted octanol–water partition coefficient (Wildman–Crippen LogP) is 1.41. The topological polar surface area (TPSA) is 97.1 Å². The third-order valence-corrected chi connectivity index (χ3v) is 4.26. The highest BCUT2D eigenvalue weighted by Gasteiger charge is 2.19. The van der Waals surface area contributed by atoms with Crippen LogP contribution in [0.4, 0.5) is 5.95 Å². The highest BCUT2D eigenvalue weighted by Crippen LogP contribution is 2.10. The van der Waals surface area contributed by atoms with Crippen LogP contribution in [0.3, 0.4) is 0 Å². The Bertz CT molecular complexity index is 653. The van der Waals surface area contributed by atoms with Crippen LogP contribution >= 0.6 is 0 Å². The van der Waals surface area contributed by atoms with Crippen LogP contribution in [0.5, 0.6) is 0 Å². The normalized spacial score (nSPS) is 13.0. The summed E-state index contributed by atoms with van der Waals surface area (Å²) in [5.74, 6) is 1.13. The van der Waals surface area contributed by atoms with E-state index in [1.807, 2.05) is 6.92 Å². The van der Waals surface area contributed by atoms with Crippen molar-refractivity contribution in [3.05, 3.63) is 36.5 Å². The number of nitrogens with zero attached hydrogens (tertiary/aromatic N) is 2. The monoisotopic (exact) mass is 310 g/mol. The zero-order valence-electron chi connectivity index (χ0n) is 11.9. The van der Waals surface area contributed by atoms with Gasteiger partial charge >= 0.3 is 0 Å². The summed E-state index contributed by atoms with van der Waals surface area (Å²) in [6.07, 6.45) is 4.60. The highest BCUT2D eigenvalue weighted by molar-refractivity contribution is 7.89. The van der Waals surface area contributed by atoms with E-state index in [-0.39, 0.29) is 10.9 Å². The lowest BCUT2D eigenvalue weighted by molar-refractivity contribution is 0.479. The van der Waals surface area contributed by atoms with E-state index in [0.29, 0.717) is 18.9 Å². The summed E-state index contributed by atoms with van der Waals surface area (Å²) in [6.45, 7) is 4.35. The van der Waals surface area contributed by atoms with Crippen molar-refractivity contribution in [1.82, 2.24) is 14.7 Å². The first-order chi connectivity index (χ1) is 10.0. The molecule has 0 bridgehead atoms. The Kier molecular flexibility index (Phi) is 4.92. The lowest BCUT2D eigenvalue weighted by Gasteiger charge is -2.12. The predicted molar refractivity (Wildman–Crippen MR) is 78.4 cm³/mol. The molecule has 1 atom stereocenters. The summed E-state index contributed by atoms with van der Waals surface area (Å²) in [5, 5.41) is 2.91. The molecule has 2 heterocycles. The van der Waals surface area contributed by atoms with Gasteiger partial charge in [0.05, 0.1) is 18.7 Å². The van der Waals surface area contributed by atoms with Crippen LogP contribution in [-0.2, 0) is 16.4 Å². The Morgan fingerprint density at radius 2 is 2.05 bits per heavy atom. The molecule has 2 rings (SSSR count). The summed E-state index contributed by atoms with van der Waals surface area (Å²) >= 11 is 0. The van der Waals surface area contributed by atoms with E-state index < -0.39 is 10.0 Å². The van der Waals surface area contributed by atoms with Crippen LogP contribution in [0.1, 0.15) is 19.6 Å². The molecule has 2 N–H and O–H groups in total. The number of hydrogen-bond donors (Lipinski definition) is 2. The second-order valence-corrected chi connectivity index (χ2v) is 6.29. The molecule has 114 valence electrons. The number of aromatic nitrogens is 2. The van der Waals surface area contributed by atoms with Crippen molar-refractivity contribution in [3.8, 4) is 0 Å². The quantitative estimate of drug-likeness (QED) is 0.802. The highest BCUT2D eigenvalue weighted by atomic mass is 32.2. The minimum atomic E-state index is -3.64. The van der Waals surface area contributed by atoms with Gasteiger partial charge in [0.1, 0.15) is 10.7 Å². The van der Waals surface area contributed by atoms with Gasteiger partial charge in [-0.25, -0.2) is 23.1 Å². The second-order valence-electron chi connectivity index (χ2n) is 4.58. The minimum absolute atomic E-state index is 0.0375. The van der Waals surface area contributed by atoms with Crippen LogP contribution in [0.2, 0.25) is 0 Å². The van der Waals surface area contributed by atoms with E-state index in [4.69, 9.17) is 4.42 Å². The molecule has 0 aromatic carbocycles. The largest absolute Gasteiger partial charge is 0.469 e. The van der Waals surface area contributed by atoms with Gasteiger partial charge in [0.15, 0.2) is 0 Å². The molecule has 0 amide bonds. The van der Waals surface area contributed by atoms with E-state index in [0.717, 1.165) is 5.76 Å². The molecule has 0 fully saturated rings. The molecule has 0 spiro atoms. The molecule has 0 saturated carbocycles. The SMILES string of the molecule is CCNc1ncc(S(=O)(=O)NC(C)Cc2ccco2)cn1. The maximum absolute atomic E-state index is 12.2. The van der Waals surface area contributed by atoms with E-state index in [1.54, 1.807) is 25.3 Å². The van der Waals surface area contributed by atoms with Crippen molar-refractivity contribution in [1.29, 1.82) is 0 Å². The molecule has 8 heteroatoms. The Morgan fingerprint density at radius 1 is 1.33 bits per heavy atom. The number of furan rings is 1. The third kappa shape index (κ3) is 4.27. The lowest BCUT2D eigenvalue weighted by Crippen LogP contribution is -2.34. The number of rotatable bonds is 7. The van der Waals surface area contributed by atoms with Crippen molar-refractivity contribution < 1.29 is 12.8 Å². The maximum atomic E-state index is 12.2. The molecule has 0 aliphatic heterocycles. The average molecular weight is 310 g/mol. The first-order valence-electron chi connectivity index (χ1n) is 6.62. The Morgan fingerprint density at radius 3 is 2.62 bits per heavy atom. The fourth-order valence-corrected chi connectivity index (χ4v) is 2.94. The molecule has 7 nitrogen and oxygen atoms in total. The Balaban J connectivity index is 2.03. The molecule has 0 aliphatic carbocycles. The third-order valence-electron chi connectivity index (χ3n) is 2.72. The van der Waals surface area contributed by atoms with Crippen LogP contribution in [0.25, 0.3) is 0 Å². The fourth-order valence-electron chi connectivity index (χ4n) is 1.81. The first-order valence-corrected chi connectivity index (χ1v) is 8.10. The second kappa shape index (κ2) is 6.68. The van der Waals surface area contributed by atoms with Crippen molar-refractivity contribution in [2.45, 2.75) is 31.2 Å². The molecule has 0 radical (unpaired) electrons. The van der Waals surface area contributed by atoms with Gasteiger partial charge in [-0.1, -0.05) is 0 Å². The van der Waals surface area contributed by atoms with E-state index >= 15 is 0 Å². The van der Waals surface area contributed by atoms with Crippen molar-refractivity contribution in [2.24, 2.45) is 0 Å². The van der Waals surface area contributed by atoms with Crippen molar-refractivity contribution >= 4 is 16.0 Å². The van der Waals surface area contributed by atoms with Crippen LogP contribution < -0.4 is 10.0 Å². The number of sulfonamides is 1. The number of hydrogen-bond acceptors (Lipinski definition) is 6. The smallest absolute Gasteiger partial charge is 0.243 e. The van der Waals surface area contributed by atoms with Gasteiger partial charge in [-0.05, 0) is 26.0 Å². The Labute approximate surface area is 123 Å². The molecular weight excluding hydrogens is 292 g/mol. The summed E-state index contributed by atoms with van der Waals surface area (Å²) in [6, 6.07) is 3.28. The summed E-state index contributed by atoms with van der Waals surface area (Å²) < 4.78 is 32.2. The van der Waals surface area contributed by atoms with Crippen LogP contribution in [-0.4, -0.2) is 31.0 Å². The Hall–Kier alpha value is -1.93. The van der Waals surface area contributed by atoms with Crippen LogP contribution in [0.15, 0.2) is 40.1 Å². The van der Waals surface area contributed by atoms with E-state index in [1.165, 1.54) is 12.4 Å². The van der Waals surface area contributed by atoms with Gasteiger partial charge in [0.2, 0.25) is 16.0 Å². The molecular formula is C13H18N4O3S. The fraction of sp³-hybridized carbons (Fsp3) is 0.385. The van der Waals surface area contributed by atoms with Gasteiger partial charge in [-0.3, -0.25) is 0 Å².